The molecule has 0 aliphatic carbocycles. The van der Waals surface area contributed by atoms with Crippen molar-refractivity contribution < 1.29 is 19.4 Å². The Morgan fingerprint density at radius 1 is 1.04 bits per heavy atom. The molecule has 0 N–H and O–H groups in total. The Bertz CT molecular complexity index is 899. The Morgan fingerprint density at radius 3 is 2.22 bits per heavy atom. The van der Waals surface area contributed by atoms with Crippen molar-refractivity contribution in [1.29, 1.82) is 0 Å². The van der Waals surface area contributed by atoms with Gasteiger partial charge in [-0.1, -0.05) is 30.1 Å². The fraction of sp³-hybridized carbons (Fsp3) is 0.286. The second kappa shape index (κ2) is 7.29. The Morgan fingerprint density at radius 2 is 1.63 bits per heavy atom. The summed E-state index contributed by atoms with van der Waals surface area (Å²) in [5, 5.41) is -0.343. The summed E-state index contributed by atoms with van der Waals surface area (Å²) in [6, 6.07) is 14.4. The predicted octanol–water partition coefficient (Wildman–Crippen LogP) is 4.29. The zero-order chi connectivity index (χ0) is 19.8. The third kappa shape index (κ3) is 3.96. The Balaban J connectivity index is 1.75. The fourth-order valence-corrected chi connectivity index (χ4v) is 4.70. The molecule has 3 rings (SSSR count). The maximum absolute atomic E-state index is 13.1. The highest BCUT2D eigenvalue weighted by Gasteiger charge is 2.35. The van der Waals surface area contributed by atoms with Crippen LogP contribution in [0.4, 0.5) is 5.69 Å². The van der Waals surface area contributed by atoms with Crippen LogP contribution in [0.5, 0.6) is 0 Å². The molecule has 1 aliphatic heterocycles. The van der Waals surface area contributed by atoms with Crippen LogP contribution >= 0.6 is 10.5 Å². The van der Waals surface area contributed by atoms with Crippen LogP contribution in [0.25, 0.3) is 0 Å². The monoisotopic (exact) mass is 385 g/mol. The lowest BCUT2D eigenvalue weighted by Crippen LogP contribution is -2.33. The SMILES string of the molecule is C=S1c2ccccc2N(C)C1C(=O)c1ccc(C(=O)OOC(C)(C)C)cc1. The predicted molar refractivity (Wildman–Crippen MR) is 109 cm³/mol. The summed E-state index contributed by atoms with van der Waals surface area (Å²) in [6.45, 7) is 5.36. The average Bonchev–Trinajstić information content (AvgIpc) is 2.90. The second-order valence-electron chi connectivity index (χ2n) is 7.37. The van der Waals surface area contributed by atoms with E-state index in [9.17, 15) is 9.59 Å². The quantitative estimate of drug-likeness (QED) is 0.340. The van der Waals surface area contributed by atoms with E-state index in [0.717, 1.165) is 10.6 Å². The summed E-state index contributed by atoms with van der Waals surface area (Å²) < 4.78 is 0. The van der Waals surface area contributed by atoms with Gasteiger partial charge in [-0.15, -0.1) is 10.5 Å². The summed E-state index contributed by atoms with van der Waals surface area (Å²) in [7, 11) is 1.45. The standard InChI is InChI=1S/C21H23NO4S/c1-21(2,3)26-25-20(24)15-12-10-14(11-13-15)18(23)19-22(4)16-8-6-7-9-17(16)27(19)5/h6-13,19H,5H2,1-4H3. The molecule has 5 nitrogen and oxygen atoms in total. The molecular weight excluding hydrogens is 362 g/mol. The lowest BCUT2D eigenvalue weighted by atomic mass is 10.1. The number of fused-ring (bicyclic) bond motifs is 1. The number of carbonyl (C=O) groups excluding carboxylic acids is 2. The summed E-state index contributed by atoms with van der Waals surface area (Å²) >= 11 is 0. The highest BCUT2D eigenvalue weighted by Crippen LogP contribution is 2.47. The summed E-state index contributed by atoms with van der Waals surface area (Å²) in [5.74, 6) is 3.62. The first kappa shape index (κ1) is 19.3. The highest BCUT2D eigenvalue weighted by atomic mass is 32.2. The summed E-state index contributed by atoms with van der Waals surface area (Å²) in [5.41, 5.74) is 1.31. The van der Waals surface area contributed by atoms with Gasteiger partial charge in [-0.3, -0.25) is 9.68 Å². The lowest BCUT2D eigenvalue weighted by Gasteiger charge is -2.22. The van der Waals surface area contributed by atoms with E-state index >= 15 is 0 Å². The molecule has 0 fully saturated rings. The van der Waals surface area contributed by atoms with Crippen LogP contribution in [0.1, 0.15) is 41.5 Å². The van der Waals surface area contributed by atoms with Crippen LogP contribution in [0.2, 0.25) is 0 Å². The molecule has 142 valence electrons. The zero-order valence-corrected chi connectivity index (χ0v) is 16.7. The Kier molecular flexibility index (Phi) is 5.22. The van der Waals surface area contributed by atoms with Crippen LogP contribution in [-0.2, 0) is 9.78 Å². The molecule has 2 aromatic carbocycles. The molecule has 2 unspecified atom stereocenters. The van der Waals surface area contributed by atoms with Gasteiger partial charge in [0.2, 0.25) is 0 Å². The van der Waals surface area contributed by atoms with E-state index in [0.29, 0.717) is 11.1 Å². The highest BCUT2D eigenvalue weighted by molar-refractivity contribution is 8.15. The number of para-hydroxylation sites is 1. The molecule has 0 amide bonds. The minimum Gasteiger partial charge on any atom is -0.355 e. The first-order valence-corrected chi connectivity index (χ1v) is 10.0. The molecular formula is C21H23NO4S. The fourth-order valence-electron chi connectivity index (χ4n) is 2.84. The number of likely N-dealkylation sites (N-methyl/N-ethyl adjacent to an activating group) is 1. The van der Waals surface area contributed by atoms with Crippen LogP contribution in [-0.4, -0.2) is 35.6 Å². The van der Waals surface area contributed by atoms with E-state index < -0.39 is 22.1 Å². The maximum atomic E-state index is 13.1. The van der Waals surface area contributed by atoms with Crippen LogP contribution in [0.15, 0.2) is 53.4 Å². The zero-order valence-electron chi connectivity index (χ0n) is 15.9. The number of carbonyl (C=O) groups is 2. The smallest absolute Gasteiger partial charge is 0.355 e. The van der Waals surface area contributed by atoms with Crippen LogP contribution in [0.3, 0.4) is 0 Å². The van der Waals surface area contributed by atoms with Gasteiger partial charge in [0.25, 0.3) is 0 Å². The van der Waals surface area contributed by atoms with E-state index in [2.05, 4.69) is 5.87 Å². The van der Waals surface area contributed by atoms with E-state index in [1.54, 1.807) is 45.0 Å². The third-order valence-electron chi connectivity index (χ3n) is 4.15. The summed E-state index contributed by atoms with van der Waals surface area (Å²) in [6.07, 6.45) is 0. The van der Waals surface area contributed by atoms with Crippen molar-refractivity contribution in [2.24, 2.45) is 0 Å². The van der Waals surface area contributed by atoms with Crippen molar-refractivity contribution in [3.8, 4) is 0 Å². The van der Waals surface area contributed by atoms with Gasteiger partial charge in [0.15, 0.2) is 5.78 Å². The molecule has 0 saturated carbocycles. The average molecular weight is 385 g/mol. The van der Waals surface area contributed by atoms with Gasteiger partial charge < -0.3 is 4.90 Å². The number of Topliss-reactive ketones (excluding diaryl/α,β-unsaturated/α-hetero) is 1. The van der Waals surface area contributed by atoms with Crippen molar-refractivity contribution in [1.82, 2.24) is 0 Å². The van der Waals surface area contributed by atoms with Gasteiger partial charge in [0.1, 0.15) is 11.0 Å². The normalized spacial score (nSPS) is 18.9. The number of anilines is 1. The Hall–Kier alpha value is -2.44. The van der Waals surface area contributed by atoms with Gasteiger partial charge in [-0.05, 0) is 45.0 Å². The third-order valence-corrected chi connectivity index (χ3v) is 6.13. The van der Waals surface area contributed by atoms with E-state index in [1.165, 1.54) is 0 Å². The van der Waals surface area contributed by atoms with Gasteiger partial charge >= 0.3 is 5.97 Å². The van der Waals surface area contributed by atoms with E-state index in [4.69, 9.17) is 9.78 Å². The lowest BCUT2D eigenvalue weighted by molar-refractivity contribution is -0.301. The number of hydrogen-bond donors (Lipinski definition) is 0. The molecule has 6 heteroatoms. The van der Waals surface area contributed by atoms with E-state index in [1.807, 2.05) is 36.2 Å². The minimum atomic E-state index is -0.591. The first-order chi connectivity index (χ1) is 12.7. The molecule has 2 atom stereocenters. The van der Waals surface area contributed by atoms with Gasteiger partial charge in [-0.25, -0.2) is 4.79 Å². The number of ketones is 1. The molecule has 0 bridgehead atoms. The topological polar surface area (TPSA) is 55.8 Å². The van der Waals surface area contributed by atoms with Crippen molar-refractivity contribution >= 4 is 33.8 Å². The molecule has 27 heavy (non-hydrogen) atoms. The Labute approximate surface area is 161 Å². The van der Waals surface area contributed by atoms with Crippen molar-refractivity contribution in [3.05, 3.63) is 59.7 Å². The van der Waals surface area contributed by atoms with Gasteiger partial charge in [0.05, 0.1) is 11.3 Å². The molecule has 1 aliphatic rings. The number of hydrogen-bond acceptors (Lipinski definition) is 5. The number of benzene rings is 2. The molecule has 0 aromatic heterocycles. The largest absolute Gasteiger partial charge is 0.373 e. The van der Waals surface area contributed by atoms with Crippen molar-refractivity contribution in [2.45, 2.75) is 36.6 Å². The van der Waals surface area contributed by atoms with Crippen molar-refractivity contribution in [3.63, 3.8) is 0 Å². The maximum Gasteiger partial charge on any atom is 0.373 e. The van der Waals surface area contributed by atoms with Crippen molar-refractivity contribution in [2.75, 3.05) is 11.9 Å². The molecule has 0 radical (unpaired) electrons. The second-order valence-corrected chi connectivity index (χ2v) is 9.11. The molecule has 0 saturated heterocycles. The first-order valence-electron chi connectivity index (χ1n) is 8.58. The van der Waals surface area contributed by atoms with Gasteiger partial charge in [0, 0.05) is 17.5 Å². The van der Waals surface area contributed by atoms with Crippen LogP contribution < -0.4 is 4.90 Å². The number of nitrogens with zero attached hydrogens (tertiary/aromatic N) is 1. The van der Waals surface area contributed by atoms with E-state index in [-0.39, 0.29) is 11.2 Å². The minimum absolute atomic E-state index is 0.0158. The molecule has 0 spiro atoms. The number of rotatable bonds is 4. The summed E-state index contributed by atoms with van der Waals surface area (Å²) in [4.78, 5) is 38.0. The molecule has 1 heterocycles. The molecule has 2 aromatic rings. The van der Waals surface area contributed by atoms with Crippen LogP contribution in [0, 0.1) is 0 Å². The van der Waals surface area contributed by atoms with Gasteiger partial charge in [-0.2, -0.15) is 4.89 Å².